The molecule has 19 heavy (non-hydrogen) atoms. The van der Waals surface area contributed by atoms with E-state index in [1.165, 1.54) is 19.1 Å². The van der Waals surface area contributed by atoms with Gasteiger partial charge >= 0.3 is 0 Å². The van der Waals surface area contributed by atoms with E-state index in [0.717, 1.165) is 0 Å². The molecule has 0 heterocycles. The van der Waals surface area contributed by atoms with Crippen molar-refractivity contribution in [2.24, 2.45) is 0 Å². The lowest BCUT2D eigenvalue weighted by molar-refractivity contribution is 0.0697. The quantitative estimate of drug-likeness (QED) is 0.833. The number of nitriles is 1. The van der Waals surface area contributed by atoms with Crippen LogP contribution in [0, 0.1) is 11.3 Å². The molecule has 0 saturated heterocycles. The summed E-state index contributed by atoms with van der Waals surface area (Å²) in [5.41, 5.74) is -0.463. The Labute approximate surface area is 113 Å². The van der Waals surface area contributed by atoms with E-state index in [1.54, 1.807) is 39.1 Å². The van der Waals surface area contributed by atoms with Crippen molar-refractivity contribution in [1.82, 2.24) is 4.90 Å². The highest BCUT2D eigenvalue weighted by atomic mass is 16.5. The summed E-state index contributed by atoms with van der Waals surface area (Å²) in [6, 6.07) is 7.02. The van der Waals surface area contributed by atoms with Gasteiger partial charge in [-0.05, 0) is 26.0 Å². The molecule has 0 unspecified atom stereocenters. The molecule has 0 aliphatic rings. The van der Waals surface area contributed by atoms with Gasteiger partial charge in [-0.15, -0.1) is 0 Å². The molecule has 102 valence electrons. The molecule has 5 heteroatoms. The van der Waals surface area contributed by atoms with E-state index < -0.39 is 5.54 Å². The minimum absolute atomic E-state index is 0.260. The van der Waals surface area contributed by atoms with E-state index in [4.69, 9.17) is 14.7 Å². The highest BCUT2D eigenvalue weighted by Crippen LogP contribution is 2.24. The van der Waals surface area contributed by atoms with E-state index in [1.807, 2.05) is 0 Å². The molecule has 1 rings (SSSR count). The maximum Gasteiger partial charge on any atom is 0.255 e. The normalized spacial score (nSPS) is 10.5. The summed E-state index contributed by atoms with van der Waals surface area (Å²) in [4.78, 5) is 13.7. The number of carbonyl (C=O) groups excluding carboxylic acids is 1. The van der Waals surface area contributed by atoms with Crippen molar-refractivity contribution < 1.29 is 14.3 Å². The topological polar surface area (TPSA) is 62.6 Å². The minimum Gasteiger partial charge on any atom is -0.497 e. The van der Waals surface area contributed by atoms with Crippen molar-refractivity contribution in [2.75, 3.05) is 21.3 Å². The highest BCUT2D eigenvalue weighted by molar-refractivity contribution is 5.95. The number of nitrogens with zero attached hydrogens (tertiary/aromatic N) is 2. The smallest absolute Gasteiger partial charge is 0.255 e. The van der Waals surface area contributed by atoms with E-state index in [0.29, 0.717) is 17.1 Å². The molecule has 0 spiro atoms. The molecule has 0 radical (unpaired) electrons. The van der Waals surface area contributed by atoms with Crippen LogP contribution in [-0.2, 0) is 0 Å². The number of ether oxygens (including phenoxy) is 2. The molecule has 1 aromatic rings. The van der Waals surface area contributed by atoms with Crippen molar-refractivity contribution in [1.29, 1.82) is 5.26 Å². The summed E-state index contributed by atoms with van der Waals surface area (Å²) >= 11 is 0. The van der Waals surface area contributed by atoms with Crippen LogP contribution in [0.25, 0.3) is 0 Å². The van der Waals surface area contributed by atoms with E-state index in [-0.39, 0.29) is 5.91 Å². The molecule has 0 saturated carbocycles. The SMILES string of the molecule is COc1cc(OC)cc(C(=O)N(C)C(C)(C)C#N)c1. The van der Waals surface area contributed by atoms with Crippen molar-refractivity contribution in [3.8, 4) is 17.6 Å². The van der Waals surface area contributed by atoms with Crippen molar-refractivity contribution in [3.63, 3.8) is 0 Å². The maximum atomic E-state index is 12.4. The number of methoxy groups -OCH3 is 2. The predicted octanol–water partition coefficient (Wildman–Crippen LogP) is 2.08. The number of carbonyl (C=O) groups is 1. The molecular formula is C14H18N2O3. The van der Waals surface area contributed by atoms with Crippen LogP contribution in [0.2, 0.25) is 0 Å². The molecule has 0 aromatic heterocycles. The van der Waals surface area contributed by atoms with Gasteiger partial charge in [-0.1, -0.05) is 0 Å². The van der Waals surface area contributed by atoms with Crippen LogP contribution in [0.1, 0.15) is 24.2 Å². The van der Waals surface area contributed by atoms with E-state index in [2.05, 4.69) is 6.07 Å². The van der Waals surface area contributed by atoms with Gasteiger partial charge in [0, 0.05) is 18.7 Å². The lowest BCUT2D eigenvalue weighted by Gasteiger charge is -2.29. The summed E-state index contributed by atoms with van der Waals surface area (Å²) < 4.78 is 10.2. The van der Waals surface area contributed by atoms with Gasteiger partial charge in [0.1, 0.15) is 17.0 Å². The molecule has 0 aliphatic carbocycles. The third-order valence-electron chi connectivity index (χ3n) is 3.02. The summed E-state index contributed by atoms with van der Waals surface area (Å²) in [5, 5.41) is 9.07. The lowest BCUT2D eigenvalue weighted by Crippen LogP contribution is -2.43. The first-order valence-corrected chi connectivity index (χ1v) is 5.78. The Kier molecular flexibility index (Phi) is 4.38. The average Bonchev–Trinajstić information content (AvgIpc) is 2.44. The molecule has 0 N–H and O–H groups in total. The number of rotatable bonds is 4. The standard InChI is InChI=1S/C14H18N2O3/c1-14(2,9-15)16(3)13(17)10-6-11(18-4)8-12(7-10)19-5/h6-8H,1-5H3. The Morgan fingerprint density at radius 3 is 2.05 bits per heavy atom. The maximum absolute atomic E-state index is 12.4. The van der Waals surface area contributed by atoms with Crippen LogP contribution in [0.15, 0.2) is 18.2 Å². The first-order valence-electron chi connectivity index (χ1n) is 5.78. The molecule has 1 aromatic carbocycles. The Morgan fingerprint density at radius 1 is 1.21 bits per heavy atom. The molecule has 0 bridgehead atoms. The second kappa shape index (κ2) is 5.61. The van der Waals surface area contributed by atoms with Gasteiger partial charge < -0.3 is 14.4 Å². The van der Waals surface area contributed by atoms with Gasteiger partial charge in [0.05, 0.1) is 20.3 Å². The molecular weight excluding hydrogens is 244 g/mol. The Balaban J connectivity index is 3.16. The van der Waals surface area contributed by atoms with E-state index in [9.17, 15) is 4.79 Å². The molecule has 5 nitrogen and oxygen atoms in total. The summed E-state index contributed by atoms with van der Waals surface area (Å²) in [6.45, 7) is 3.37. The van der Waals surface area contributed by atoms with Crippen molar-refractivity contribution in [2.45, 2.75) is 19.4 Å². The fraction of sp³-hybridized carbons (Fsp3) is 0.429. The second-order valence-electron chi connectivity index (χ2n) is 4.64. The monoisotopic (exact) mass is 262 g/mol. The van der Waals surface area contributed by atoms with Gasteiger partial charge in [0.15, 0.2) is 0 Å². The zero-order chi connectivity index (χ0) is 14.6. The zero-order valence-corrected chi connectivity index (χ0v) is 11.9. The number of amides is 1. The second-order valence-corrected chi connectivity index (χ2v) is 4.64. The first-order chi connectivity index (χ1) is 8.85. The fourth-order valence-electron chi connectivity index (χ4n) is 1.45. The molecule has 0 fully saturated rings. The van der Waals surface area contributed by atoms with Crippen LogP contribution < -0.4 is 9.47 Å². The molecule has 0 atom stereocenters. The third-order valence-corrected chi connectivity index (χ3v) is 3.02. The Morgan fingerprint density at radius 2 is 1.68 bits per heavy atom. The largest absolute Gasteiger partial charge is 0.497 e. The first kappa shape index (κ1) is 14.8. The summed E-state index contributed by atoms with van der Waals surface area (Å²) in [7, 11) is 4.63. The van der Waals surface area contributed by atoms with E-state index >= 15 is 0 Å². The Hall–Kier alpha value is -2.22. The van der Waals surface area contributed by atoms with Crippen LogP contribution in [-0.4, -0.2) is 37.6 Å². The number of hydrogen-bond donors (Lipinski definition) is 0. The summed E-state index contributed by atoms with van der Waals surface area (Å²) in [6.07, 6.45) is 0. The van der Waals surface area contributed by atoms with Crippen LogP contribution in [0.5, 0.6) is 11.5 Å². The Bertz CT molecular complexity index is 496. The van der Waals surface area contributed by atoms with Crippen LogP contribution in [0.4, 0.5) is 0 Å². The van der Waals surface area contributed by atoms with Gasteiger partial charge in [-0.2, -0.15) is 5.26 Å². The molecule has 1 amide bonds. The fourth-order valence-corrected chi connectivity index (χ4v) is 1.45. The van der Waals surface area contributed by atoms with Gasteiger partial charge in [0.2, 0.25) is 0 Å². The zero-order valence-electron chi connectivity index (χ0n) is 11.9. The molecule has 0 aliphatic heterocycles. The minimum atomic E-state index is -0.882. The van der Waals surface area contributed by atoms with Crippen LogP contribution in [0.3, 0.4) is 0 Å². The number of hydrogen-bond acceptors (Lipinski definition) is 4. The van der Waals surface area contributed by atoms with Gasteiger partial charge in [0.25, 0.3) is 5.91 Å². The van der Waals surface area contributed by atoms with Gasteiger partial charge in [-0.3, -0.25) is 4.79 Å². The van der Waals surface area contributed by atoms with Crippen LogP contribution >= 0.6 is 0 Å². The van der Waals surface area contributed by atoms with Crippen molar-refractivity contribution in [3.05, 3.63) is 23.8 Å². The predicted molar refractivity (Wildman–Crippen MR) is 71.3 cm³/mol. The number of benzene rings is 1. The average molecular weight is 262 g/mol. The highest BCUT2D eigenvalue weighted by Gasteiger charge is 2.28. The summed E-state index contributed by atoms with van der Waals surface area (Å²) in [5.74, 6) is 0.806. The third kappa shape index (κ3) is 3.16. The van der Waals surface area contributed by atoms with Crippen molar-refractivity contribution >= 4 is 5.91 Å². The lowest BCUT2D eigenvalue weighted by atomic mass is 10.0. The van der Waals surface area contributed by atoms with Gasteiger partial charge in [-0.25, -0.2) is 0 Å².